The number of benzene rings is 2. The molecule has 0 spiro atoms. The molecular formula is C29H38N2O5. The van der Waals surface area contributed by atoms with Gasteiger partial charge in [-0.15, -0.1) is 0 Å². The fraction of sp³-hybridized carbons (Fsp3) is 0.414. The van der Waals surface area contributed by atoms with Crippen molar-refractivity contribution in [2.45, 2.75) is 45.1 Å². The van der Waals surface area contributed by atoms with Gasteiger partial charge in [0.25, 0.3) is 0 Å². The standard InChI is InChI=1S/C25H34N2O.C4H4O4/c1-26(2)24-14-12-23(13-15-24)25(28)11-7-6-8-21-16-18-27(19-17-21)20-22-9-4-3-5-10-22;5-3(6)1-2-4(7)8/h3-5,9-10,12-15,21H,6-8,11,16-20H2,1-2H3;1-2H,(H,5,6)(H,7,8). The predicted molar refractivity (Wildman–Crippen MR) is 142 cm³/mol. The molecule has 7 heteroatoms. The van der Waals surface area contributed by atoms with Gasteiger partial charge in [0.05, 0.1) is 0 Å². The van der Waals surface area contributed by atoms with Crippen LogP contribution in [0.25, 0.3) is 0 Å². The lowest BCUT2D eigenvalue weighted by Crippen LogP contribution is -2.33. The van der Waals surface area contributed by atoms with E-state index in [0.29, 0.717) is 18.6 Å². The van der Waals surface area contributed by atoms with Crippen molar-refractivity contribution in [2.75, 3.05) is 32.1 Å². The summed E-state index contributed by atoms with van der Waals surface area (Å²) >= 11 is 0. The number of likely N-dealkylation sites (tertiary alicyclic amines) is 1. The number of hydrogen-bond donors (Lipinski definition) is 2. The molecule has 0 radical (unpaired) electrons. The average molecular weight is 495 g/mol. The van der Waals surface area contributed by atoms with Crippen LogP contribution < -0.4 is 4.90 Å². The molecule has 2 aromatic rings. The van der Waals surface area contributed by atoms with Crippen LogP contribution >= 0.6 is 0 Å². The summed E-state index contributed by atoms with van der Waals surface area (Å²) in [6, 6.07) is 18.7. The van der Waals surface area contributed by atoms with Crippen LogP contribution in [0.15, 0.2) is 66.7 Å². The number of carboxylic acids is 2. The number of piperidine rings is 1. The third-order valence-corrected chi connectivity index (χ3v) is 6.30. The third kappa shape index (κ3) is 11.3. The van der Waals surface area contributed by atoms with E-state index in [9.17, 15) is 14.4 Å². The monoisotopic (exact) mass is 494 g/mol. The van der Waals surface area contributed by atoms with Crippen molar-refractivity contribution in [3.8, 4) is 0 Å². The highest BCUT2D eigenvalue weighted by atomic mass is 16.4. The quantitative estimate of drug-likeness (QED) is 0.254. The van der Waals surface area contributed by atoms with Gasteiger partial charge >= 0.3 is 11.9 Å². The van der Waals surface area contributed by atoms with Gasteiger partial charge in [0.15, 0.2) is 5.78 Å². The zero-order chi connectivity index (χ0) is 26.3. The summed E-state index contributed by atoms with van der Waals surface area (Å²) in [7, 11) is 4.03. The van der Waals surface area contributed by atoms with Crippen molar-refractivity contribution in [2.24, 2.45) is 5.92 Å². The smallest absolute Gasteiger partial charge is 0.328 e. The van der Waals surface area contributed by atoms with E-state index < -0.39 is 11.9 Å². The summed E-state index contributed by atoms with van der Waals surface area (Å²) in [6.45, 7) is 3.49. The Bertz CT molecular complexity index is 962. The molecule has 1 aliphatic rings. The molecule has 0 unspecified atom stereocenters. The van der Waals surface area contributed by atoms with E-state index in [4.69, 9.17) is 10.2 Å². The molecule has 0 saturated carbocycles. The Balaban J connectivity index is 0.000000493. The van der Waals surface area contributed by atoms with E-state index in [1.165, 1.54) is 44.3 Å². The molecule has 0 aromatic heterocycles. The largest absolute Gasteiger partial charge is 0.478 e. The van der Waals surface area contributed by atoms with Crippen LogP contribution in [0.5, 0.6) is 0 Å². The zero-order valence-corrected chi connectivity index (χ0v) is 21.3. The summed E-state index contributed by atoms with van der Waals surface area (Å²) in [5.74, 6) is -1.40. The highest BCUT2D eigenvalue weighted by molar-refractivity contribution is 5.96. The highest BCUT2D eigenvalue weighted by Crippen LogP contribution is 2.24. The minimum atomic E-state index is -1.26. The van der Waals surface area contributed by atoms with Gasteiger partial charge in [0.2, 0.25) is 0 Å². The number of rotatable bonds is 11. The molecular weight excluding hydrogens is 456 g/mol. The number of aliphatic carboxylic acids is 2. The normalized spacial score (nSPS) is 14.2. The molecule has 1 aliphatic heterocycles. The second-order valence-electron chi connectivity index (χ2n) is 9.33. The van der Waals surface area contributed by atoms with Crippen molar-refractivity contribution < 1.29 is 24.6 Å². The number of hydrogen-bond acceptors (Lipinski definition) is 5. The highest BCUT2D eigenvalue weighted by Gasteiger charge is 2.19. The van der Waals surface area contributed by atoms with E-state index in [1.807, 2.05) is 38.4 Å². The molecule has 1 saturated heterocycles. The molecule has 194 valence electrons. The lowest BCUT2D eigenvalue weighted by molar-refractivity contribution is -0.134. The van der Waals surface area contributed by atoms with Crippen LogP contribution in [0.2, 0.25) is 0 Å². The lowest BCUT2D eigenvalue weighted by atomic mass is 9.90. The van der Waals surface area contributed by atoms with E-state index in [-0.39, 0.29) is 5.78 Å². The summed E-state index contributed by atoms with van der Waals surface area (Å²) in [4.78, 5) is 36.1. The van der Waals surface area contributed by atoms with Gasteiger partial charge in [0.1, 0.15) is 0 Å². The van der Waals surface area contributed by atoms with E-state index >= 15 is 0 Å². The molecule has 1 fully saturated rings. The van der Waals surface area contributed by atoms with Crippen LogP contribution in [0.4, 0.5) is 5.69 Å². The first-order chi connectivity index (χ1) is 17.2. The van der Waals surface area contributed by atoms with Gasteiger partial charge in [-0.3, -0.25) is 9.69 Å². The zero-order valence-electron chi connectivity index (χ0n) is 21.3. The Labute approximate surface area is 214 Å². The molecule has 2 aromatic carbocycles. The maximum absolute atomic E-state index is 12.4. The summed E-state index contributed by atoms with van der Waals surface area (Å²) in [5.41, 5.74) is 3.40. The van der Waals surface area contributed by atoms with Crippen LogP contribution in [0.3, 0.4) is 0 Å². The first-order valence-corrected chi connectivity index (χ1v) is 12.5. The summed E-state index contributed by atoms with van der Waals surface area (Å²) in [5, 5.41) is 15.6. The van der Waals surface area contributed by atoms with Gasteiger partial charge in [-0.25, -0.2) is 9.59 Å². The number of Topliss-reactive ketones (excluding diaryl/α,β-unsaturated/α-hetero) is 1. The number of carbonyl (C=O) groups excluding carboxylic acids is 1. The fourth-order valence-electron chi connectivity index (χ4n) is 4.23. The number of anilines is 1. The number of carboxylic acid groups (broad SMARTS) is 2. The molecule has 0 aliphatic carbocycles. The number of unbranched alkanes of at least 4 members (excludes halogenated alkanes) is 1. The first kappa shape index (κ1) is 28.8. The van der Waals surface area contributed by atoms with Gasteiger partial charge < -0.3 is 15.1 Å². The molecule has 2 N–H and O–H groups in total. The second-order valence-corrected chi connectivity index (χ2v) is 9.33. The Hall–Kier alpha value is -3.45. The Morgan fingerprint density at radius 1 is 0.889 bits per heavy atom. The van der Waals surface area contributed by atoms with E-state index in [1.54, 1.807) is 0 Å². The molecule has 36 heavy (non-hydrogen) atoms. The van der Waals surface area contributed by atoms with Crippen LogP contribution in [-0.2, 0) is 16.1 Å². The minimum Gasteiger partial charge on any atom is -0.478 e. The van der Waals surface area contributed by atoms with Gasteiger partial charge in [0, 0.05) is 50.5 Å². The maximum Gasteiger partial charge on any atom is 0.328 e. The lowest BCUT2D eigenvalue weighted by Gasteiger charge is -2.32. The first-order valence-electron chi connectivity index (χ1n) is 12.5. The molecule has 7 nitrogen and oxygen atoms in total. The van der Waals surface area contributed by atoms with Gasteiger partial charge in [-0.2, -0.15) is 0 Å². The minimum absolute atomic E-state index is 0.281. The number of carbonyl (C=O) groups is 3. The average Bonchev–Trinajstić information content (AvgIpc) is 2.87. The Kier molecular flexibility index (Phi) is 12.4. The summed E-state index contributed by atoms with van der Waals surface area (Å²) < 4.78 is 0. The van der Waals surface area contributed by atoms with Crippen molar-refractivity contribution >= 4 is 23.4 Å². The van der Waals surface area contributed by atoms with Crippen LogP contribution in [-0.4, -0.2) is 60.0 Å². The van der Waals surface area contributed by atoms with E-state index in [0.717, 1.165) is 30.1 Å². The third-order valence-electron chi connectivity index (χ3n) is 6.30. The van der Waals surface area contributed by atoms with Crippen molar-refractivity contribution in [3.63, 3.8) is 0 Å². The van der Waals surface area contributed by atoms with Crippen LogP contribution in [0, 0.1) is 5.92 Å². The Morgan fingerprint density at radius 3 is 2.00 bits per heavy atom. The predicted octanol–water partition coefficient (Wildman–Crippen LogP) is 5.12. The SMILES string of the molecule is CN(C)c1ccc(C(=O)CCCCC2CCN(Cc3ccccc3)CC2)cc1.O=C(O)C=CC(=O)O. The number of nitrogens with zero attached hydrogens (tertiary/aromatic N) is 2. The molecule has 0 bridgehead atoms. The number of ketones is 1. The molecule has 3 rings (SSSR count). The fourth-order valence-corrected chi connectivity index (χ4v) is 4.23. The molecule has 0 atom stereocenters. The second kappa shape index (κ2) is 15.5. The molecule has 0 amide bonds. The van der Waals surface area contributed by atoms with Crippen LogP contribution in [0.1, 0.15) is 54.4 Å². The summed E-state index contributed by atoms with van der Waals surface area (Å²) in [6.07, 6.45) is 7.84. The van der Waals surface area contributed by atoms with Gasteiger partial charge in [-0.1, -0.05) is 43.2 Å². The van der Waals surface area contributed by atoms with E-state index in [2.05, 4.69) is 40.1 Å². The van der Waals surface area contributed by atoms with Crippen molar-refractivity contribution in [1.29, 1.82) is 0 Å². The van der Waals surface area contributed by atoms with Gasteiger partial charge in [-0.05, 0) is 68.1 Å². The van der Waals surface area contributed by atoms with Crippen molar-refractivity contribution in [3.05, 3.63) is 77.9 Å². The maximum atomic E-state index is 12.4. The topological polar surface area (TPSA) is 98.2 Å². The van der Waals surface area contributed by atoms with Crippen molar-refractivity contribution in [1.82, 2.24) is 4.90 Å². The molecule has 1 heterocycles. The Morgan fingerprint density at radius 2 is 1.47 bits per heavy atom.